The number of hydrogen-bond donors (Lipinski definition) is 1. The molecule has 1 saturated carbocycles. The van der Waals surface area contributed by atoms with Crippen LogP contribution in [0.15, 0.2) is 0 Å². The Labute approximate surface area is 114 Å². The third-order valence-corrected chi connectivity index (χ3v) is 5.23. The highest BCUT2D eigenvalue weighted by Gasteiger charge is 2.58. The van der Waals surface area contributed by atoms with E-state index in [1.165, 1.54) is 0 Å². The summed E-state index contributed by atoms with van der Waals surface area (Å²) in [5, 5.41) is 2.24. The lowest BCUT2D eigenvalue weighted by Crippen LogP contribution is -3.00. The van der Waals surface area contributed by atoms with Crippen molar-refractivity contribution < 1.29 is 27.3 Å². The Hall–Kier alpha value is -0.610. The van der Waals surface area contributed by atoms with Gasteiger partial charge in [0.15, 0.2) is 0 Å². The number of imide groups is 1. The van der Waals surface area contributed by atoms with Gasteiger partial charge in [0.2, 0.25) is 11.8 Å². The Kier molecular flexibility index (Phi) is 3.45. The molecule has 2 amide bonds. The fourth-order valence-corrected chi connectivity index (χ4v) is 3.74. The van der Waals surface area contributed by atoms with Crippen molar-refractivity contribution >= 4 is 11.8 Å². The van der Waals surface area contributed by atoms with Gasteiger partial charge in [0.1, 0.15) is 6.04 Å². The molecule has 0 bridgehead atoms. The Morgan fingerprint density at radius 2 is 1.89 bits per heavy atom. The molecule has 102 valence electrons. The van der Waals surface area contributed by atoms with Crippen LogP contribution in [-0.4, -0.2) is 35.3 Å². The lowest BCUT2D eigenvalue weighted by atomic mass is 10.0. The lowest BCUT2D eigenvalue weighted by molar-refractivity contribution is -0.673. The van der Waals surface area contributed by atoms with Crippen molar-refractivity contribution in [2.24, 2.45) is 23.7 Å². The van der Waals surface area contributed by atoms with Crippen LogP contribution in [0.25, 0.3) is 0 Å². The van der Waals surface area contributed by atoms with Gasteiger partial charge in [-0.2, -0.15) is 0 Å². The van der Waals surface area contributed by atoms with E-state index < -0.39 is 0 Å². The fourth-order valence-electron chi connectivity index (χ4n) is 3.74. The Balaban J connectivity index is 0.00000120. The molecule has 1 aliphatic carbocycles. The SMILES string of the molecule is C[C@@H]1C(=O)N(C(=O)C2[C@@H](C)[C@H]2C)[C@H]2CC[NH2+][C@H]12.[Cl-]. The molecule has 6 atom stereocenters. The first kappa shape index (κ1) is 13.8. The van der Waals surface area contributed by atoms with Gasteiger partial charge >= 0.3 is 0 Å². The highest BCUT2D eigenvalue weighted by Crippen LogP contribution is 2.47. The number of carbonyl (C=O) groups is 2. The number of hydrogen-bond acceptors (Lipinski definition) is 2. The zero-order valence-corrected chi connectivity index (χ0v) is 11.9. The molecule has 2 saturated heterocycles. The van der Waals surface area contributed by atoms with Crippen molar-refractivity contribution in [3.05, 3.63) is 0 Å². The van der Waals surface area contributed by atoms with Crippen LogP contribution in [-0.2, 0) is 9.59 Å². The first-order chi connectivity index (χ1) is 8.04. The van der Waals surface area contributed by atoms with Gasteiger partial charge in [0, 0.05) is 12.3 Å². The van der Waals surface area contributed by atoms with Crippen molar-refractivity contribution in [1.82, 2.24) is 4.90 Å². The minimum absolute atomic E-state index is 0. The molecule has 3 aliphatic rings. The molecule has 0 aromatic carbocycles. The lowest BCUT2D eigenvalue weighted by Gasteiger charge is -2.19. The smallest absolute Gasteiger partial charge is 0.238 e. The summed E-state index contributed by atoms with van der Waals surface area (Å²) in [6.07, 6.45) is 0.974. The second-order valence-electron chi connectivity index (χ2n) is 6.04. The molecule has 3 fully saturated rings. The Morgan fingerprint density at radius 3 is 2.44 bits per heavy atom. The van der Waals surface area contributed by atoms with Crippen molar-refractivity contribution in [2.75, 3.05) is 6.54 Å². The van der Waals surface area contributed by atoms with E-state index in [2.05, 4.69) is 19.2 Å². The first-order valence-corrected chi connectivity index (χ1v) is 6.74. The second-order valence-corrected chi connectivity index (χ2v) is 6.04. The standard InChI is InChI=1S/C13H20N2O2.ClH/c1-6-7(2)10(6)13(17)15-9-4-5-14-11(9)8(3)12(15)16;/h6-11,14H,4-5H2,1-3H3;1H/t6-,7+,8-,9-,10?,11+;/m0./s1. The molecule has 2 heterocycles. The van der Waals surface area contributed by atoms with Crippen molar-refractivity contribution in [2.45, 2.75) is 39.3 Å². The summed E-state index contributed by atoms with van der Waals surface area (Å²) in [5.74, 6) is 1.18. The van der Waals surface area contributed by atoms with E-state index in [0.29, 0.717) is 17.9 Å². The molecule has 4 nitrogen and oxygen atoms in total. The Morgan fingerprint density at radius 1 is 1.28 bits per heavy atom. The van der Waals surface area contributed by atoms with Crippen LogP contribution in [0.4, 0.5) is 0 Å². The van der Waals surface area contributed by atoms with E-state index in [9.17, 15) is 9.59 Å². The van der Waals surface area contributed by atoms with Gasteiger partial charge in [-0.05, 0) is 18.8 Å². The first-order valence-electron chi connectivity index (χ1n) is 6.74. The monoisotopic (exact) mass is 272 g/mol. The molecule has 3 rings (SSSR count). The van der Waals surface area contributed by atoms with E-state index in [1.54, 1.807) is 4.90 Å². The number of amides is 2. The molecule has 0 radical (unpaired) electrons. The molecular weight excluding hydrogens is 252 g/mol. The minimum Gasteiger partial charge on any atom is -1.00 e. The predicted molar refractivity (Wildman–Crippen MR) is 61.8 cm³/mol. The number of likely N-dealkylation sites (tertiary alicyclic amines) is 1. The van der Waals surface area contributed by atoms with Crippen LogP contribution >= 0.6 is 0 Å². The number of carbonyl (C=O) groups excluding carboxylic acids is 2. The van der Waals surface area contributed by atoms with Crippen LogP contribution < -0.4 is 17.7 Å². The third-order valence-electron chi connectivity index (χ3n) is 5.23. The average Bonchev–Trinajstić information content (AvgIpc) is 2.69. The molecule has 18 heavy (non-hydrogen) atoms. The van der Waals surface area contributed by atoms with Crippen LogP contribution in [0.2, 0.25) is 0 Å². The highest BCUT2D eigenvalue weighted by atomic mass is 35.5. The number of nitrogens with two attached hydrogens (primary N) is 1. The number of rotatable bonds is 1. The largest absolute Gasteiger partial charge is 1.00 e. The molecule has 5 heteroatoms. The van der Waals surface area contributed by atoms with E-state index >= 15 is 0 Å². The quantitative estimate of drug-likeness (QED) is 0.506. The average molecular weight is 273 g/mol. The van der Waals surface area contributed by atoms with Crippen LogP contribution in [0.1, 0.15) is 27.2 Å². The van der Waals surface area contributed by atoms with E-state index in [1.807, 2.05) is 6.92 Å². The van der Waals surface area contributed by atoms with Gasteiger partial charge in [-0.25, -0.2) is 0 Å². The summed E-state index contributed by atoms with van der Waals surface area (Å²) in [6, 6.07) is 0.487. The van der Waals surface area contributed by atoms with E-state index in [0.717, 1.165) is 13.0 Å². The van der Waals surface area contributed by atoms with E-state index in [-0.39, 0.29) is 42.1 Å². The summed E-state index contributed by atoms with van der Waals surface area (Å²) in [6.45, 7) is 7.23. The van der Waals surface area contributed by atoms with Gasteiger partial charge in [-0.15, -0.1) is 0 Å². The van der Waals surface area contributed by atoms with Crippen molar-refractivity contribution in [3.63, 3.8) is 0 Å². The van der Waals surface area contributed by atoms with Crippen LogP contribution in [0, 0.1) is 23.7 Å². The van der Waals surface area contributed by atoms with Gasteiger partial charge in [-0.3, -0.25) is 14.5 Å². The third kappa shape index (κ3) is 1.69. The fraction of sp³-hybridized carbons (Fsp3) is 0.846. The molecule has 0 spiro atoms. The van der Waals surface area contributed by atoms with Crippen LogP contribution in [0.5, 0.6) is 0 Å². The number of quaternary nitrogens is 1. The van der Waals surface area contributed by atoms with E-state index in [4.69, 9.17) is 0 Å². The van der Waals surface area contributed by atoms with Gasteiger partial charge < -0.3 is 17.7 Å². The molecular formula is C13H21ClN2O2. The van der Waals surface area contributed by atoms with Gasteiger partial charge in [0.05, 0.1) is 18.5 Å². The maximum absolute atomic E-state index is 12.4. The van der Waals surface area contributed by atoms with Gasteiger partial charge in [0.25, 0.3) is 0 Å². The highest BCUT2D eigenvalue weighted by molar-refractivity contribution is 6.01. The molecule has 0 aromatic heterocycles. The molecule has 2 aliphatic heterocycles. The van der Waals surface area contributed by atoms with Crippen molar-refractivity contribution in [3.8, 4) is 0 Å². The zero-order chi connectivity index (χ0) is 12.3. The summed E-state index contributed by atoms with van der Waals surface area (Å²) in [5.41, 5.74) is 0. The number of nitrogens with zero attached hydrogens (tertiary/aromatic N) is 1. The minimum atomic E-state index is 0. The predicted octanol–water partition coefficient (Wildman–Crippen LogP) is -3.40. The molecule has 1 unspecified atom stereocenters. The zero-order valence-electron chi connectivity index (χ0n) is 11.1. The normalized spacial score (nSPS) is 45.7. The maximum atomic E-state index is 12.4. The van der Waals surface area contributed by atoms with Gasteiger partial charge in [-0.1, -0.05) is 13.8 Å². The summed E-state index contributed by atoms with van der Waals surface area (Å²) < 4.78 is 0. The van der Waals surface area contributed by atoms with Crippen LogP contribution in [0.3, 0.4) is 0 Å². The molecule has 2 N–H and O–H groups in total. The number of fused-ring (bicyclic) bond motifs is 1. The summed E-state index contributed by atoms with van der Waals surface area (Å²) >= 11 is 0. The second kappa shape index (κ2) is 4.49. The summed E-state index contributed by atoms with van der Waals surface area (Å²) in [4.78, 5) is 26.2. The maximum Gasteiger partial charge on any atom is 0.238 e. The molecule has 0 aromatic rings. The Bertz CT molecular complexity index is 379. The topological polar surface area (TPSA) is 54.0 Å². The number of halogens is 1. The summed E-state index contributed by atoms with van der Waals surface area (Å²) in [7, 11) is 0. The van der Waals surface area contributed by atoms with Crippen molar-refractivity contribution in [1.29, 1.82) is 0 Å².